The number of methoxy groups -OCH3 is 2. The Kier molecular flexibility index (Phi) is 5.51. The third-order valence-corrected chi connectivity index (χ3v) is 6.63. The van der Waals surface area contributed by atoms with Crippen molar-refractivity contribution in [2.75, 3.05) is 14.2 Å². The molecule has 2 heterocycles. The van der Waals surface area contributed by atoms with Gasteiger partial charge >= 0.3 is 0 Å². The fourth-order valence-electron chi connectivity index (χ4n) is 4.63. The maximum Gasteiger partial charge on any atom is 0.273 e. The number of ether oxygens (including phenoxy) is 2. The van der Waals surface area contributed by atoms with Crippen LogP contribution in [0, 0.1) is 0 Å². The number of nitrogens with one attached hydrogen (secondary N) is 1. The van der Waals surface area contributed by atoms with Gasteiger partial charge in [0.25, 0.3) is 5.91 Å². The minimum atomic E-state index is -1.05. The SMILES string of the molecule is COc1ccc(-c2cc3n(n2)C[C@@](C)(C(=O)NCc2ccccc2OC)N(C2CC2)C3=O)cc1. The summed E-state index contributed by atoms with van der Waals surface area (Å²) < 4.78 is 12.3. The number of hydrogen-bond acceptors (Lipinski definition) is 5. The van der Waals surface area contributed by atoms with Crippen LogP contribution in [-0.2, 0) is 17.9 Å². The molecule has 0 saturated heterocycles. The van der Waals surface area contributed by atoms with Crippen molar-refractivity contribution in [3.05, 3.63) is 65.9 Å². The molecule has 176 valence electrons. The normalized spacial score (nSPS) is 19.5. The Morgan fingerprint density at radius 1 is 1.12 bits per heavy atom. The lowest BCUT2D eigenvalue weighted by atomic mass is 9.94. The second-order valence-electron chi connectivity index (χ2n) is 8.98. The molecule has 34 heavy (non-hydrogen) atoms. The summed E-state index contributed by atoms with van der Waals surface area (Å²) in [7, 11) is 3.23. The fourth-order valence-corrected chi connectivity index (χ4v) is 4.63. The number of fused-ring (bicyclic) bond motifs is 1. The quantitative estimate of drug-likeness (QED) is 0.585. The highest BCUT2D eigenvalue weighted by Gasteiger charge is 2.53. The largest absolute Gasteiger partial charge is 0.497 e. The minimum absolute atomic E-state index is 0.0718. The molecule has 1 aromatic heterocycles. The van der Waals surface area contributed by atoms with Crippen LogP contribution < -0.4 is 14.8 Å². The minimum Gasteiger partial charge on any atom is -0.497 e. The van der Waals surface area contributed by atoms with Crippen LogP contribution in [0.15, 0.2) is 54.6 Å². The first-order valence-electron chi connectivity index (χ1n) is 11.4. The van der Waals surface area contributed by atoms with Crippen LogP contribution in [0.1, 0.15) is 35.8 Å². The number of benzene rings is 2. The maximum atomic E-state index is 13.6. The van der Waals surface area contributed by atoms with Gasteiger partial charge in [0.1, 0.15) is 22.7 Å². The molecule has 1 atom stereocenters. The van der Waals surface area contributed by atoms with Crippen molar-refractivity contribution in [2.45, 2.75) is 44.4 Å². The number of rotatable bonds is 7. The predicted octanol–water partition coefficient (Wildman–Crippen LogP) is 3.26. The zero-order valence-electron chi connectivity index (χ0n) is 19.6. The van der Waals surface area contributed by atoms with Crippen molar-refractivity contribution in [2.24, 2.45) is 0 Å². The zero-order chi connectivity index (χ0) is 23.9. The molecule has 1 N–H and O–H groups in total. The van der Waals surface area contributed by atoms with E-state index in [4.69, 9.17) is 14.6 Å². The molecule has 1 aliphatic carbocycles. The second-order valence-corrected chi connectivity index (χ2v) is 8.98. The molecular weight excluding hydrogens is 432 g/mol. The third-order valence-electron chi connectivity index (χ3n) is 6.63. The Morgan fingerprint density at radius 2 is 1.85 bits per heavy atom. The summed E-state index contributed by atoms with van der Waals surface area (Å²) in [6.45, 7) is 2.44. The van der Waals surface area contributed by atoms with Gasteiger partial charge in [0.2, 0.25) is 5.91 Å². The Balaban J connectivity index is 1.43. The monoisotopic (exact) mass is 460 g/mol. The van der Waals surface area contributed by atoms with Gasteiger partial charge in [-0.15, -0.1) is 0 Å². The fraction of sp³-hybridized carbons (Fsp3) is 0.346. The maximum absolute atomic E-state index is 13.6. The lowest BCUT2D eigenvalue weighted by Gasteiger charge is -2.43. The van der Waals surface area contributed by atoms with Crippen LogP contribution in [0.25, 0.3) is 11.3 Å². The van der Waals surface area contributed by atoms with Gasteiger partial charge in [0.05, 0.1) is 26.5 Å². The molecule has 8 heteroatoms. The van der Waals surface area contributed by atoms with Gasteiger partial charge in [-0.1, -0.05) is 18.2 Å². The van der Waals surface area contributed by atoms with Crippen molar-refractivity contribution in [1.29, 1.82) is 0 Å². The molecule has 0 spiro atoms. The third kappa shape index (κ3) is 3.79. The van der Waals surface area contributed by atoms with E-state index >= 15 is 0 Å². The highest BCUT2D eigenvalue weighted by Crippen LogP contribution is 2.39. The molecule has 1 fully saturated rings. The lowest BCUT2D eigenvalue weighted by molar-refractivity contribution is -0.133. The summed E-state index contributed by atoms with van der Waals surface area (Å²) in [5.74, 6) is 1.11. The average molecular weight is 461 g/mol. The zero-order valence-corrected chi connectivity index (χ0v) is 19.6. The van der Waals surface area contributed by atoms with Crippen LogP contribution in [0.4, 0.5) is 0 Å². The molecule has 1 aliphatic heterocycles. The van der Waals surface area contributed by atoms with E-state index in [0.29, 0.717) is 30.2 Å². The molecule has 8 nitrogen and oxygen atoms in total. The average Bonchev–Trinajstić information content (AvgIpc) is 3.60. The molecular formula is C26H28N4O4. The summed E-state index contributed by atoms with van der Waals surface area (Å²) in [4.78, 5) is 28.9. The van der Waals surface area contributed by atoms with E-state index in [2.05, 4.69) is 5.32 Å². The van der Waals surface area contributed by atoms with Crippen LogP contribution in [0.5, 0.6) is 11.5 Å². The number of carbonyl (C=O) groups excluding carboxylic acids is 2. The molecule has 0 bridgehead atoms. The summed E-state index contributed by atoms with van der Waals surface area (Å²) >= 11 is 0. The molecule has 2 aromatic carbocycles. The molecule has 2 aliphatic rings. The van der Waals surface area contributed by atoms with Gasteiger partial charge in [-0.3, -0.25) is 14.3 Å². The molecule has 0 radical (unpaired) electrons. The van der Waals surface area contributed by atoms with Crippen molar-refractivity contribution in [1.82, 2.24) is 20.0 Å². The van der Waals surface area contributed by atoms with Gasteiger partial charge in [0, 0.05) is 23.7 Å². The van der Waals surface area contributed by atoms with Crippen molar-refractivity contribution < 1.29 is 19.1 Å². The summed E-state index contributed by atoms with van der Waals surface area (Å²) in [5.41, 5.74) is 1.92. The lowest BCUT2D eigenvalue weighted by Crippen LogP contribution is -2.64. The topological polar surface area (TPSA) is 85.7 Å². The van der Waals surface area contributed by atoms with E-state index in [1.807, 2.05) is 61.5 Å². The van der Waals surface area contributed by atoms with Gasteiger partial charge < -0.3 is 19.7 Å². The Labute approximate surface area is 198 Å². The summed E-state index contributed by atoms with van der Waals surface area (Å²) in [6.07, 6.45) is 1.81. The van der Waals surface area contributed by atoms with Gasteiger partial charge in [-0.2, -0.15) is 5.10 Å². The van der Waals surface area contributed by atoms with Crippen molar-refractivity contribution >= 4 is 11.8 Å². The molecule has 2 amide bonds. The van der Waals surface area contributed by atoms with Gasteiger partial charge in [0.15, 0.2) is 0 Å². The van der Waals surface area contributed by atoms with Crippen molar-refractivity contribution in [3.63, 3.8) is 0 Å². The van der Waals surface area contributed by atoms with Crippen LogP contribution in [0.3, 0.4) is 0 Å². The summed E-state index contributed by atoms with van der Waals surface area (Å²) in [6, 6.07) is 17.0. The first-order chi connectivity index (χ1) is 16.4. The Hall–Kier alpha value is -3.81. The first kappa shape index (κ1) is 22.0. The van der Waals surface area contributed by atoms with Crippen molar-refractivity contribution in [3.8, 4) is 22.8 Å². The number of nitrogens with zero attached hydrogens (tertiary/aromatic N) is 3. The van der Waals surface area contributed by atoms with E-state index < -0.39 is 5.54 Å². The number of amides is 2. The van der Waals surface area contributed by atoms with E-state index in [1.165, 1.54) is 0 Å². The molecule has 1 saturated carbocycles. The molecule has 0 unspecified atom stereocenters. The van der Waals surface area contributed by atoms with Gasteiger partial charge in [-0.05, 0) is 56.2 Å². The Bertz CT molecular complexity index is 1230. The number of carbonyl (C=O) groups is 2. The standard InChI is InChI=1S/C26H28N4O4/c1-26(25(32)27-15-18-6-4-5-7-23(18)34-3)16-29-22(24(31)30(26)19-10-11-19)14-21(28-29)17-8-12-20(33-2)13-9-17/h4-9,12-14,19H,10-11,15-16H2,1-3H3,(H,27,32)/t26-/m0/s1. The highest BCUT2D eigenvalue weighted by molar-refractivity contribution is 6.00. The Morgan fingerprint density at radius 3 is 2.53 bits per heavy atom. The number of aromatic nitrogens is 2. The van der Waals surface area contributed by atoms with Gasteiger partial charge in [-0.25, -0.2) is 0 Å². The predicted molar refractivity (Wildman–Crippen MR) is 127 cm³/mol. The van der Waals surface area contributed by atoms with E-state index in [1.54, 1.807) is 23.8 Å². The second kappa shape index (κ2) is 8.52. The molecule has 3 aromatic rings. The summed E-state index contributed by atoms with van der Waals surface area (Å²) in [5, 5.41) is 7.72. The molecule has 5 rings (SSSR count). The van der Waals surface area contributed by atoms with Crippen LogP contribution in [0.2, 0.25) is 0 Å². The van der Waals surface area contributed by atoms with E-state index in [-0.39, 0.29) is 17.9 Å². The van der Waals surface area contributed by atoms with E-state index in [9.17, 15) is 9.59 Å². The highest BCUT2D eigenvalue weighted by atomic mass is 16.5. The van der Waals surface area contributed by atoms with Crippen LogP contribution >= 0.6 is 0 Å². The number of hydrogen-bond donors (Lipinski definition) is 1. The van der Waals surface area contributed by atoms with E-state index in [0.717, 1.165) is 29.7 Å². The first-order valence-corrected chi connectivity index (χ1v) is 11.4. The smallest absolute Gasteiger partial charge is 0.273 e. The number of para-hydroxylation sites is 1. The van der Waals surface area contributed by atoms with Crippen LogP contribution in [-0.4, -0.2) is 52.3 Å².